The second-order valence-corrected chi connectivity index (χ2v) is 14.6. The van der Waals surface area contributed by atoms with E-state index >= 15 is 0 Å². The van der Waals surface area contributed by atoms with Crippen LogP contribution in [0.25, 0.3) is 33.5 Å². The molecule has 2 aromatic carbocycles. The van der Waals surface area contributed by atoms with Crippen molar-refractivity contribution in [3.63, 3.8) is 0 Å². The number of methoxy groups -OCH3 is 1. The van der Waals surface area contributed by atoms with E-state index in [-0.39, 0.29) is 36.5 Å². The van der Waals surface area contributed by atoms with Gasteiger partial charge in [0.25, 0.3) is 11.8 Å². The molecule has 0 radical (unpaired) electrons. The van der Waals surface area contributed by atoms with Gasteiger partial charge >= 0.3 is 0 Å². The van der Waals surface area contributed by atoms with Crippen molar-refractivity contribution in [3.05, 3.63) is 47.5 Å². The number of nitrogens with one attached hydrogen (secondary N) is 1. The zero-order valence-corrected chi connectivity index (χ0v) is 26.7. The Labute approximate surface area is 271 Å². The molecule has 3 saturated carbocycles. The molecule has 0 spiro atoms. The van der Waals surface area contributed by atoms with Crippen LogP contribution >= 0.6 is 0 Å². The van der Waals surface area contributed by atoms with Crippen LogP contribution in [0.5, 0.6) is 5.75 Å². The number of amides is 2. The molecule has 5 aliphatic rings. The third-order valence-electron chi connectivity index (χ3n) is 11.2. The Hall–Kier alpha value is -3.99. The lowest BCUT2D eigenvalue weighted by Crippen LogP contribution is -2.40. The van der Waals surface area contributed by atoms with Gasteiger partial charge in [-0.05, 0) is 87.6 Å². The van der Waals surface area contributed by atoms with Crippen LogP contribution in [0.4, 0.5) is 8.78 Å². The van der Waals surface area contributed by atoms with Gasteiger partial charge in [-0.2, -0.15) is 0 Å². The minimum absolute atomic E-state index is 0.00448. The van der Waals surface area contributed by atoms with Crippen LogP contribution < -0.4 is 15.8 Å². The van der Waals surface area contributed by atoms with Crippen molar-refractivity contribution in [2.75, 3.05) is 7.11 Å². The van der Waals surface area contributed by atoms with E-state index < -0.39 is 23.8 Å². The average molecular weight is 643 g/mol. The van der Waals surface area contributed by atoms with E-state index in [1.54, 1.807) is 7.11 Å². The molecule has 11 heteroatoms. The van der Waals surface area contributed by atoms with Gasteiger partial charge in [0.1, 0.15) is 17.2 Å². The third-order valence-corrected chi connectivity index (χ3v) is 11.2. The highest BCUT2D eigenvalue weighted by atomic mass is 19.3. The van der Waals surface area contributed by atoms with Crippen molar-refractivity contribution in [1.82, 2.24) is 24.3 Å². The summed E-state index contributed by atoms with van der Waals surface area (Å²) >= 11 is 0. The van der Waals surface area contributed by atoms with Gasteiger partial charge in [-0.25, -0.2) is 13.8 Å². The minimum atomic E-state index is -2.90. The van der Waals surface area contributed by atoms with Gasteiger partial charge in [0.2, 0.25) is 5.91 Å². The molecule has 2 aromatic heterocycles. The summed E-state index contributed by atoms with van der Waals surface area (Å²) in [6.45, 7) is 2.68. The Bertz CT molecular complexity index is 1960. The van der Waals surface area contributed by atoms with Gasteiger partial charge < -0.3 is 29.8 Å². The first-order valence-electron chi connectivity index (χ1n) is 17.1. The first-order chi connectivity index (χ1) is 22.6. The number of fused-ring (bicyclic) bond motifs is 4. The van der Waals surface area contributed by atoms with Crippen molar-refractivity contribution in [2.24, 2.45) is 17.6 Å². The summed E-state index contributed by atoms with van der Waals surface area (Å²) in [6, 6.07) is 12.2. The maximum Gasteiger partial charge on any atom is 0.260 e. The standard InChI is InChI=1S/C36H40F2N6O3/c1-18(40-34(45)25-16-36(25,37)38)20-5-6-21-13-30(42(29(21)12-20)17-19-3-4-19)33-41-27-11-22(14-31(47-2)32(27)44(33)23-7-8-23)35(46)43-24-9-10-28(43)26(39)15-24/h5-6,11-14,18-19,23-26,28H,3-4,7-10,15-17,39H2,1-2H3,(H,40,45)/t18-,24+,25?,26-,28-/m1/s1. The van der Waals surface area contributed by atoms with Crippen LogP contribution in [0.15, 0.2) is 36.4 Å². The van der Waals surface area contributed by atoms with E-state index in [1.165, 1.54) is 12.8 Å². The fourth-order valence-electron chi connectivity index (χ4n) is 8.22. The Kier molecular flexibility index (Phi) is 6.36. The Morgan fingerprint density at radius 2 is 1.85 bits per heavy atom. The Morgan fingerprint density at radius 1 is 1.09 bits per heavy atom. The summed E-state index contributed by atoms with van der Waals surface area (Å²) in [5.41, 5.74) is 11.5. The van der Waals surface area contributed by atoms with Crippen molar-refractivity contribution < 1.29 is 23.1 Å². The summed E-state index contributed by atoms with van der Waals surface area (Å²) in [5.74, 6) is -2.66. The number of hydrogen-bond acceptors (Lipinski definition) is 5. The largest absolute Gasteiger partial charge is 0.494 e. The molecule has 9 nitrogen and oxygen atoms in total. The van der Waals surface area contributed by atoms with Crippen LogP contribution in [0.2, 0.25) is 0 Å². The van der Waals surface area contributed by atoms with E-state index in [1.807, 2.05) is 36.1 Å². The lowest BCUT2D eigenvalue weighted by Gasteiger charge is -2.23. The molecular formula is C36H40F2N6O3. The van der Waals surface area contributed by atoms with Crippen LogP contribution in [0, 0.1) is 11.8 Å². The smallest absolute Gasteiger partial charge is 0.260 e. The van der Waals surface area contributed by atoms with Crippen LogP contribution in [-0.4, -0.2) is 62.0 Å². The minimum Gasteiger partial charge on any atom is -0.494 e. The summed E-state index contributed by atoms with van der Waals surface area (Å²) in [5, 5.41) is 3.85. The first-order valence-corrected chi connectivity index (χ1v) is 17.1. The number of halogens is 2. The van der Waals surface area contributed by atoms with Crippen LogP contribution in [-0.2, 0) is 11.3 Å². The molecular weight excluding hydrogens is 602 g/mol. The normalized spacial score (nSPS) is 26.7. The monoisotopic (exact) mass is 642 g/mol. The second-order valence-electron chi connectivity index (χ2n) is 14.6. The Balaban J connectivity index is 1.13. The van der Waals surface area contributed by atoms with E-state index in [0.29, 0.717) is 17.2 Å². The predicted molar refractivity (Wildman–Crippen MR) is 173 cm³/mol. The fourth-order valence-corrected chi connectivity index (χ4v) is 8.22. The summed E-state index contributed by atoms with van der Waals surface area (Å²) in [6.07, 6.45) is 6.84. The lowest BCUT2D eigenvalue weighted by atomic mass is 9.97. The topological polar surface area (TPSA) is 107 Å². The van der Waals surface area contributed by atoms with Crippen LogP contribution in [0.3, 0.4) is 0 Å². The van der Waals surface area contributed by atoms with E-state index in [0.717, 1.165) is 77.7 Å². The zero-order chi connectivity index (χ0) is 32.4. The van der Waals surface area contributed by atoms with E-state index in [4.69, 9.17) is 15.5 Å². The molecule has 2 amide bonds. The SMILES string of the molecule is COc1cc(C(=O)N2[C@H]3CC[C@@H]2[C@H](N)C3)cc2nc(-c3cc4ccc([C@@H](C)NC(=O)C5CC5(F)F)cc4n3CC3CC3)n(C3CC3)c12. The molecule has 2 bridgehead atoms. The van der Waals surface area contributed by atoms with Gasteiger partial charge in [0.15, 0.2) is 5.82 Å². The summed E-state index contributed by atoms with van der Waals surface area (Å²) in [7, 11) is 1.65. The molecule has 1 unspecified atom stereocenters. The number of carbonyl (C=O) groups is 2. The summed E-state index contributed by atoms with van der Waals surface area (Å²) < 4.78 is 37.7. The number of alkyl halides is 2. The Morgan fingerprint density at radius 3 is 2.49 bits per heavy atom. The predicted octanol–water partition coefficient (Wildman–Crippen LogP) is 5.95. The van der Waals surface area contributed by atoms with Gasteiger partial charge in [-0.15, -0.1) is 0 Å². The number of nitrogens with zero attached hydrogens (tertiary/aromatic N) is 4. The number of imidazole rings is 1. The van der Waals surface area contributed by atoms with Gasteiger partial charge in [-0.1, -0.05) is 12.1 Å². The van der Waals surface area contributed by atoms with Crippen molar-refractivity contribution in [1.29, 1.82) is 0 Å². The maximum absolute atomic E-state index is 13.9. The number of benzene rings is 2. The molecule has 4 heterocycles. The summed E-state index contributed by atoms with van der Waals surface area (Å²) in [4.78, 5) is 33.6. The molecule has 246 valence electrons. The number of aromatic nitrogens is 3. The van der Waals surface area contributed by atoms with Gasteiger partial charge in [0.05, 0.1) is 24.4 Å². The van der Waals surface area contributed by atoms with Gasteiger partial charge in [-0.3, -0.25) is 9.59 Å². The van der Waals surface area contributed by atoms with Gasteiger partial charge in [0, 0.05) is 53.6 Å². The average Bonchev–Trinajstić information content (AvgIpc) is 4.01. The van der Waals surface area contributed by atoms with Crippen molar-refractivity contribution >= 4 is 33.8 Å². The third kappa shape index (κ3) is 4.75. The molecule has 47 heavy (non-hydrogen) atoms. The fraction of sp³-hybridized carbons (Fsp3) is 0.528. The number of carbonyl (C=O) groups excluding carboxylic acids is 2. The van der Waals surface area contributed by atoms with Crippen molar-refractivity contribution in [3.8, 4) is 17.3 Å². The van der Waals surface area contributed by atoms with E-state index in [2.05, 4.69) is 26.6 Å². The quantitative estimate of drug-likeness (QED) is 0.235. The molecule has 3 N–H and O–H groups in total. The molecule has 9 rings (SSSR count). The first kappa shape index (κ1) is 29.2. The highest BCUT2D eigenvalue weighted by Gasteiger charge is 2.61. The molecule has 4 aromatic rings. The zero-order valence-electron chi connectivity index (χ0n) is 26.7. The number of hydrogen-bond donors (Lipinski definition) is 2. The highest BCUT2D eigenvalue weighted by molar-refractivity contribution is 6.01. The lowest BCUT2D eigenvalue weighted by molar-refractivity contribution is -0.125. The molecule has 5 atom stereocenters. The molecule has 5 fully saturated rings. The number of nitrogens with two attached hydrogens (primary N) is 1. The van der Waals surface area contributed by atoms with Crippen molar-refractivity contribution in [2.45, 2.75) is 101 Å². The maximum atomic E-state index is 13.9. The molecule has 2 saturated heterocycles. The highest BCUT2D eigenvalue weighted by Crippen LogP contribution is 2.49. The van der Waals surface area contributed by atoms with E-state index in [9.17, 15) is 18.4 Å². The number of rotatable bonds is 9. The molecule has 3 aliphatic carbocycles. The second kappa shape index (κ2) is 10.3. The number of ether oxygens (including phenoxy) is 1. The van der Waals surface area contributed by atoms with Crippen LogP contribution in [0.1, 0.15) is 86.3 Å². The molecule has 2 aliphatic heterocycles.